The predicted octanol–water partition coefficient (Wildman–Crippen LogP) is 5.00. The van der Waals surface area contributed by atoms with E-state index >= 15 is 0 Å². The number of hydrogen-bond acceptors (Lipinski definition) is 1. The first kappa shape index (κ1) is 16.3. The first-order valence-corrected chi connectivity index (χ1v) is 10.5. The molecule has 0 fully saturated rings. The summed E-state index contributed by atoms with van der Waals surface area (Å²) in [7, 11) is -0.665. The lowest BCUT2D eigenvalue weighted by molar-refractivity contribution is 0.302. The number of benzene rings is 4. The largest absolute Gasteiger partial charge is 0.488 e. The van der Waals surface area contributed by atoms with Gasteiger partial charge in [0.25, 0.3) is 0 Å². The molecule has 0 spiro atoms. The smallest absolute Gasteiger partial charge is 0.128 e. The van der Waals surface area contributed by atoms with Crippen molar-refractivity contribution in [2.75, 3.05) is 0 Å². The van der Waals surface area contributed by atoms with E-state index in [1.54, 1.807) is 0 Å². The molecule has 27 heavy (non-hydrogen) atoms. The molecule has 1 nitrogen and oxygen atoms in total. The molecule has 0 aromatic heterocycles. The lowest BCUT2D eigenvalue weighted by Gasteiger charge is -2.27. The maximum atomic E-state index is 6.12. The van der Waals surface area contributed by atoms with Gasteiger partial charge in [-0.3, -0.25) is 0 Å². The summed E-state index contributed by atoms with van der Waals surface area (Å²) in [5.41, 5.74) is 3.81. The van der Waals surface area contributed by atoms with Crippen LogP contribution >= 0.6 is 7.92 Å². The van der Waals surface area contributed by atoms with Crippen LogP contribution in [0.25, 0.3) is 11.1 Å². The van der Waals surface area contributed by atoms with E-state index < -0.39 is 7.92 Å². The molecule has 0 radical (unpaired) electrons. The molecule has 5 rings (SSSR count). The molecule has 0 amide bonds. The van der Waals surface area contributed by atoms with Gasteiger partial charge in [-0.25, -0.2) is 0 Å². The van der Waals surface area contributed by atoms with E-state index in [1.165, 1.54) is 32.6 Å². The molecule has 0 saturated carbocycles. The van der Waals surface area contributed by atoms with E-state index in [0.717, 1.165) is 5.75 Å². The fourth-order valence-electron chi connectivity index (χ4n) is 3.72. The SMILES string of the molecule is c1ccc(P(c2ccccc2)c2cccc3c2-c2ccccc2CO3)cc1. The Morgan fingerprint density at radius 3 is 1.93 bits per heavy atom. The quantitative estimate of drug-likeness (QED) is 0.464. The Morgan fingerprint density at radius 1 is 0.593 bits per heavy atom. The van der Waals surface area contributed by atoms with E-state index in [2.05, 4.69) is 103 Å². The molecule has 0 atom stereocenters. The van der Waals surface area contributed by atoms with Crippen molar-refractivity contribution in [2.24, 2.45) is 0 Å². The molecule has 1 aliphatic heterocycles. The standard InChI is InChI=1S/C25H19OP/c1-3-11-20(12-4-1)27(21-13-5-2-6-14-21)24-17-9-16-23-25(24)22-15-8-7-10-19(22)18-26-23/h1-17H,18H2. The van der Waals surface area contributed by atoms with Crippen LogP contribution in [0.2, 0.25) is 0 Å². The second-order valence-electron chi connectivity index (χ2n) is 6.60. The first-order chi connectivity index (χ1) is 13.4. The second-order valence-corrected chi connectivity index (χ2v) is 8.79. The van der Waals surface area contributed by atoms with E-state index in [-0.39, 0.29) is 0 Å². The van der Waals surface area contributed by atoms with Crippen LogP contribution in [0, 0.1) is 0 Å². The number of hydrogen-bond donors (Lipinski definition) is 0. The molecular weight excluding hydrogens is 347 g/mol. The molecule has 1 aliphatic rings. The monoisotopic (exact) mass is 366 g/mol. The molecule has 0 aliphatic carbocycles. The highest BCUT2D eigenvalue weighted by Gasteiger charge is 2.26. The third-order valence-electron chi connectivity index (χ3n) is 4.94. The molecule has 0 bridgehead atoms. The molecular formula is C25H19OP. The zero-order valence-electron chi connectivity index (χ0n) is 14.9. The minimum absolute atomic E-state index is 0.640. The van der Waals surface area contributed by atoms with Crippen molar-refractivity contribution in [3.05, 3.63) is 109 Å². The van der Waals surface area contributed by atoms with Crippen LogP contribution in [-0.4, -0.2) is 0 Å². The normalized spacial score (nSPS) is 12.2. The summed E-state index contributed by atoms with van der Waals surface area (Å²) < 4.78 is 6.12. The van der Waals surface area contributed by atoms with Crippen molar-refractivity contribution in [1.82, 2.24) is 0 Å². The van der Waals surface area contributed by atoms with Crippen LogP contribution in [-0.2, 0) is 6.61 Å². The van der Waals surface area contributed by atoms with Gasteiger partial charge in [0.15, 0.2) is 0 Å². The summed E-state index contributed by atoms with van der Waals surface area (Å²) in [6.45, 7) is 0.640. The van der Waals surface area contributed by atoms with Crippen LogP contribution in [0.4, 0.5) is 0 Å². The average Bonchev–Trinajstić information content (AvgIpc) is 2.75. The van der Waals surface area contributed by atoms with Gasteiger partial charge in [-0.1, -0.05) is 97.1 Å². The minimum Gasteiger partial charge on any atom is -0.488 e. The van der Waals surface area contributed by atoms with Gasteiger partial charge in [0.2, 0.25) is 0 Å². The van der Waals surface area contributed by atoms with E-state index in [1.807, 2.05) is 0 Å². The Labute approximate surface area is 161 Å². The fourth-order valence-corrected chi connectivity index (χ4v) is 6.21. The summed E-state index contributed by atoms with van der Waals surface area (Å²) >= 11 is 0. The Kier molecular flexibility index (Phi) is 4.24. The van der Waals surface area contributed by atoms with Crippen molar-refractivity contribution < 1.29 is 4.74 Å². The highest BCUT2D eigenvalue weighted by Crippen LogP contribution is 2.43. The summed E-state index contributed by atoms with van der Waals surface area (Å²) in [6, 6.07) is 36.8. The Hall–Kier alpha value is -2.89. The third-order valence-corrected chi connectivity index (χ3v) is 7.43. The molecule has 0 saturated heterocycles. The van der Waals surface area contributed by atoms with Gasteiger partial charge >= 0.3 is 0 Å². The lowest BCUT2D eigenvalue weighted by atomic mass is 9.97. The van der Waals surface area contributed by atoms with Gasteiger partial charge in [0, 0.05) is 5.56 Å². The summed E-state index contributed by atoms with van der Waals surface area (Å²) in [5, 5.41) is 4.07. The summed E-state index contributed by atoms with van der Waals surface area (Å²) in [4.78, 5) is 0. The van der Waals surface area contributed by atoms with Crippen LogP contribution < -0.4 is 20.7 Å². The van der Waals surface area contributed by atoms with E-state index in [4.69, 9.17) is 4.74 Å². The van der Waals surface area contributed by atoms with Gasteiger partial charge in [0.1, 0.15) is 12.4 Å². The van der Waals surface area contributed by atoms with Crippen molar-refractivity contribution in [2.45, 2.75) is 6.61 Å². The minimum atomic E-state index is -0.665. The molecule has 1 heterocycles. The molecule has 0 unspecified atom stereocenters. The van der Waals surface area contributed by atoms with Crippen LogP contribution in [0.15, 0.2) is 103 Å². The lowest BCUT2D eigenvalue weighted by Crippen LogP contribution is -2.23. The van der Waals surface area contributed by atoms with Gasteiger partial charge in [-0.2, -0.15) is 0 Å². The third kappa shape index (κ3) is 2.95. The molecule has 4 aromatic carbocycles. The van der Waals surface area contributed by atoms with Gasteiger partial charge < -0.3 is 4.74 Å². The van der Waals surface area contributed by atoms with Crippen LogP contribution in [0.5, 0.6) is 5.75 Å². The first-order valence-electron chi connectivity index (χ1n) is 9.16. The molecule has 4 aromatic rings. The van der Waals surface area contributed by atoms with Crippen molar-refractivity contribution >= 4 is 23.8 Å². The second kappa shape index (κ2) is 7.02. The zero-order chi connectivity index (χ0) is 18.1. The Bertz CT molecular complexity index is 1030. The molecule has 2 heteroatoms. The Balaban J connectivity index is 1.78. The summed E-state index contributed by atoms with van der Waals surface area (Å²) in [6.07, 6.45) is 0. The Morgan fingerprint density at radius 2 is 1.22 bits per heavy atom. The zero-order valence-corrected chi connectivity index (χ0v) is 15.8. The van der Waals surface area contributed by atoms with Crippen LogP contribution in [0.1, 0.15) is 5.56 Å². The average molecular weight is 366 g/mol. The molecule has 0 N–H and O–H groups in total. The topological polar surface area (TPSA) is 9.23 Å². The summed E-state index contributed by atoms with van der Waals surface area (Å²) in [5.74, 6) is 0.991. The number of ether oxygens (including phenoxy) is 1. The number of fused-ring (bicyclic) bond motifs is 3. The van der Waals surface area contributed by atoms with Crippen LogP contribution in [0.3, 0.4) is 0 Å². The highest BCUT2D eigenvalue weighted by molar-refractivity contribution is 7.80. The van der Waals surface area contributed by atoms with Crippen molar-refractivity contribution in [3.63, 3.8) is 0 Å². The fraction of sp³-hybridized carbons (Fsp3) is 0.0400. The molecule has 130 valence electrons. The maximum Gasteiger partial charge on any atom is 0.128 e. The van der Waals surface area contributed by atoms with E-state index in [9.17, 15) is 0 Å². The van der Waals surface area contributed by atoms with Crippen molar-refractivity contribution in [1.29, 1.82) is 0 Å². The van der Waals surface area contributed by atoms with Gasteiger partial charge in [0.05, 0.1) is 0 Å². The highest BCUT2D eigenvalue weighted by atomic mass is 31.1. The maximum absolute atomic E-state index is 6.12. The van der Waals surface area contributed by atoms with Gasteiger partial charge in [-0.05, 0) is 41.0 Å². The van der Waals surface area contributed by atoms with E-state index in [0.29, 0.717) is 6.61 Å². The predicted molar refractivity (Wildman–Crippen MR) is 115 cm³/mol. The van der Waals surface area contributed by atoms with Crippen molar-refractivity contribution in [3.8, 4) is 16.9 Å². The number of rotatable bonds is 3. The van der Waals surface area contributed by atoms with Gasteiger partial charge in [-0.15, -0.1) is 0 Å².